The summed E-state index contributed by atoms with van der Waals surface area (Å²) < 4.78 is 30.9. The molecule has 0 saturated carbocycles. The number of rotatable bonds is 4. The molecule has 0 aliphatic carbocycles. The first-order valence-corrected chi connectivity index (χ1v) is 5.44. The van der Waals surface area contributed by atoms with Gasteiger partial charge in [-0.2, -0.15) is 0 Å². The van der Waals surface area contributed by atoms with Crippen LogP contribution in [0.15, 0.2) is 12.1 Å². The summed E-state index contributed by atoms with van der Waals surface area (Å²) in [5.41, 5.74) is -0.484. The van der Waals surface area contributed by atoms with E-state index in [2.05, 4.69) is 4.74 Å². The Kier molecular flexibility index (Phi) is 5.01. The van der Waals surface area contributed by atoms with Crippen LogP contribution in [0.25, 0.3) is 0 Å². The smallest absolute Gasteiger partial charge is 0.338 e. The summed E-state index contributed by atoms with van der Waals surface area (Å²) in [6, 6.07) is 1.71. The van der Waals surface area contributed by atoms with Crippen molar-refractivity contribution < 1.29 is 28.5 Å². The molecule has 0 radical (unpaired) electrons. The highest BCUT2D eigenvalue weighted by Crippen LogP contribution is 2.28. The van der Waals surface area contributed by atoms with Gasteiger partial charge in [-0.1, -0.05) is 17.7 Å². The van der Waals surface area contributed by atoms with Crippen LogP contribution in [-0.4, -0.2) is 28.9 Å². The number of aliphatic hydroxyl groups excluding tert-OH is 2. The molecule has 2 unspecified atom stereocenters. The van der Waals surface area contributed by atoms with Crippen LogP contribution in [0.1, 0.15) is 18.6 Å². The van der Waals surface area contributed by atoms with Crippen molar-refractivity contribution >= 4 is 17.6 Å². The predicted molar refractivity (Wildman–Crippen MR) is 59.0 cm³/mol. The summed E-state index contributed by atoms with van der Waals surface area (Å²) in [6.45, 7) is 1.50. The van der Waals surface area contributed by atoms with Crippen LogP contribution in [-0.2, 0) is 9.53 Å². The van der Waals surface area contributed by atoms with Gasteiger partial charge in [-0.05, 0) is 13.0 Å². The minimum Gasteiger partial charge on any atom is -0.464 e. The third-order valence-electron chi connectivity index (χ3n) is 2.21. The largest absolute Gasteiger partial charge is 0.464 e. The molecule has 0 bridgehead atoms. The first-order valence-electron chi connectivity index (χ1n) is 5.06. The Morgan fingerprint density at radius 2 is 2.06 bits per heavy atom. The van der Waals surface area contributed by atoms with Gasteiger partial charge in [-0.3, -0.25) is 0 Å². The lowest BCUT2D eigenvalue weighted by molar-refractivity contribution is -0.159. The van der Waals surface area contributed by atoms with Gasteiger partial charge < -0.3 is 14.9 Å². The van der Waals surface area contributed by atoms with Gasteiger partial charge in [0.05, 0.1) is 6.61 Å². The highest BCUT2D eigenvalue weighted by molar-refractivity contribution is 6.30. The molecule has 1 aromatic rings. The lowest BCUT2D eigenvalue weighted by Gasteiger charge is -2.17. The summed E-state index contributed by atoms with van der Waals surface area (Å²) in [5, 5.41) is 18.2. The summed E-state index contributed by atoms with van der Waals surface area (Å²) >= 11 is 5.31. The molecule has 2 N–H and O–H groups in total. The topological polar surface area (TPSA) is 66.8 Å². The van der Waals surface area contributed by atoms with Gasteiger partial charge in [0.2, 0.25) is 0 Å². The van der Waals surface area contributed by atoms with Crippen LogP contribution in [0, 0.1) is 11.6 Å². The molecule has 0 aliphatic heterocycles. The van der Waals surface area contributed by atoms with E-state index in [-0.39, 0.29) is 6.61 Å². The fourth-order valence-electron chi connectivity index (χ4n) is 1.30. The standard InChI is InChI=1S/C11H11ClF2O4/c1-2-18-11(17)10(16)9(15)5-3-4-6(13)7(12)8(5)14/h3-4,9-10,15-16H,2H2,1H3. The Morgan fingerprint density at radius 3 is 2.61 bits per heavy atom. The molecule has 1 rings (SSSR count). The third kappa shape index (κ3) is 2.95. The summed E-state index contributed by atoms with van der Waals surface area (Å²) in [5.74, 6) is -3.34. The maximum Gasteiger partial charge on any atom is 0.338 e. The van der Waals surface area contributed by atoms with Crippen LogP contribution in [0.5, 0.6) is 0 Å². The first-order chi connectivity index (χ1) is 8.40. The van der Waals surface area contributed by atoms with Crippen LogP contribution in [0.3, 0.4) is 0 Å². The molecule has 2 atom stereocenters. The second kappa shape index (κ2) is 6.08. The highest BCUT2D eigenvalue weighted by atomic mass is 35.5. The number of aliphatic hydroxyl groups is 2. The number of hydrogen-bond acceptors (Lipinski definition) is 4. The predicted octanol–water partition coefficient (Wildman–Crippen LogP) is 1.58. The number of carbonyl (C=O) groups excluding carboxylic acids is 1. The average molecular weight is 281 g/mol. The van der Waals surface area contributed by atoms with Crippen molar-refractivity contribution in [2.75, 3.05) is 6.61 Å². The zero-order chi connectivity index (χ0) is 13.9. The maximum absolute atomic E-state index is 13.5. The number of esters is 1. The maximum atomic E-state index is 13.5. The molecule has 7 heteroatoms. The van der Waals surface area contributed by atoms with Crippen LogP contribution >= 0.6 is 11.6 Å². The SMILES string of the molecule is CCOC(=O)C(O)C(O)c1ccc(F)c(Cl)c1F. The molecule has 18 heavy (non-hydrogen) atoms. The van der Waals surface area contributed by atoms with Gasteiger partial charge in [0.15, 0.2) is 11.9 Å². The Balaban J connectivity index is 3.00. The second-order valence-corrected chi connectivity index (χ2v) is 3.78. The van der Waals surface area contributed by atoms with Crippen molar-refractivity contribution in [2.45, 2.75) is 19.1 Å². The fraction of sp³-hybridized carbons (Fsp3) is 0.364. The van der Waals surface area contributed by atoms with Gasteiger partial charge in [0.1, 0.15) is 16.9 Å². The van der Waals surface area contributed by atoms with E-state index >= 15 is 0 Å². The fourth-order valence-corrected chi connectivity index (χ4v) is 1.47. The zero-order valence-electron chi connectivity index (χ0n) is 9.36. The number of carbonyl (C=O) groups is 1. The van der Waals surface area contributed by atoms with Gasteiger partial charge in [0.25, 0.3) is 0 Å². The van der Waals surface area contributed by atoms with Gasteiger partial charge >= 0.3 is 5.97 Å². The molecule has 0 heterocycles. The van der Waals surface area contributed by atoms with Crippen LogP contribution in [0.4, 0.5) is 8.78 Å². The monoisotopic (exact) mass is 280 g/mol. The van der Waals surface area contributed by atoms with E-state index in [4.69, 9.17) is 11.6 Å². The van der Waals surface area contributed by atoms with Crippen molar-refractivity contribution in [3.05, 3.63) is 34.4 Å². The summed E-state index contributed by atoms with van der Waals surface area (Å²) in [6.07, 6.45) is -3.86. The Bertz CT molecular complexity index is 453. The van der Waals surface area contributed by atoms with Crippen molar-refractivity contribution in [1.29, 1.82) is 0 Å². The number of halogens is 3. The molecular formula is C11H11ClF2O4. The van der Waals surface area contributed by atoms with E-state index in [0.29, 0.717) is 0 Å². The Morgan fingerprint density at radius 1 is 1.44 bits per heavy atom. The average Bonchev–Trinajstić information content (AvgIpc) is 2.35. The molecule has 4 nitrogen and oxygen atoms in total. The van der Waals surface area contributed by atoms with Crippen molar-refractivity contribution in [3.63, 3.8) is 0 Å². The number of ether oxygens (including phenoxy) is 1. The quantitative estimate of drug-likeness (QED) is 0.649. The molecule has 100 valence electrons. The minimum absolute atomic E-state index is 0.00469. The van der Waals surface area contributed by atoms with E-state index < -0.39 is 40.4 Å². The van der Waals surface area contributed by atoms with E-state index in [0.717, 1.165) is 12.1 Å². The van der Waals surface area contributed by atoms with Crippen LogP contribution in [0.2, 0.25) is 5.02 Å². The van der Waals surface area contributed by atoms with Gasteiger partial charge in [-0.25, -0.2) is 13.6 Å². The molecule has 0 aliphatic rings. The zero-order valence-corrected chi connectivity index (χ0v) is 10.1. The van der Waals surface area contributed by atoms with Crippen molar-refractivity contribution in [2.24, 2.45) is 0 Å². The van der Waals surface area contributed by atoms with E-state index in [9.17, 15) is 23.8 Å². The summed E-state index contributed by atoms with van der Waals surface area (Å²) in [7, 11) is 0. The number of hydrogen-bond donors (Lipinski definition) is 2. The minimum atomic E-state index is -1.97. The van der Waals surface area contributed by atoms with Crippen LogP contribution < -0.4 is 0 Å². The summed E-state index contributed by atoms with van der Waals surface area (Å²) in [4.78, 5) is 11.2. The Hall–Kier alpha value is -1.24. The Labute approximate surface area is 107 Å². The number of benzene rings is 1. The van der Waals surface area contributed by atoms with Gasteiger partial charge in [-0.15, -0.1) is 0 Å². The first kappa shape index (κ1) is 14.8. The lowest BCUT2D eigenvalue weighted by Crippen LogP contribution is -2.30. The van der Waals surface area contributed by atoms with E-state index in [1.165, 1.54) is 6.92 Å². The van der Waals surface area contributed by atoms with Crippen molar-refractivity contribution in [1.82, 2.24) is 0 Å². The molecule has 0 fully saturated rings. The molecule has 0 aromatic heterocycles. The van der Waals surface area contributed by atoms with E-state index in [1.807, 2.05) is 0 Å². The van der Waals surface area contributed by atoms with Gasteiger partial charge in [0, 0.05) is 5.56 Å². The molecule has 0 saturated heterocycles. The lowest BCUT2D eigenvalue weighted by atomic mass is 10.0. The van der Waals surface area contributed by atoms with Crippen molar-refractivity contribution in [3.8, 4) is 0 Å². The molecule has 0 amide bonds. The highest BCUT2D eigenvalue weighted by Gasteiger charge is 2.30. The van der Waals surface area contributed by atoms with E-state index in [1.54, 1.807) is 0 Å². The molecular weight excluding hydrogens is 270 g/mol. The second-order valence-electron chi connectivity index (χ2n) is 3.41. The third-order valence-corrected chi connectivity index (χ3v) is 2.56. The normalized spacial score (nSPS) is 14.1. The molecule has 1 aromatic carbocycles. The molecule has 0 spiro atoms.